The molecule has 1 aliphatic rings. The fourth-order valence-corrected chi connectivity index (χ4v) is 2.52. The second-order valence-electron chi connectivity index (χ2n) is 5.19. The molecule has 2 aromatic heterocycles. The second kappa shape index (κ2) is 5.77. The van der Waals surface area contributed by atoms with Crippen molar-refractivity contribution in [3.63, 3.8) is 0 Å². The molecule has 21 heavy (non-hydrogen) atoms. The topological polar surface area (TPSA) is 94.2 Å². The molecule has 1 saturated carbocycles. The minimum atomic E-state index is -0.998. The number of hydrogen-bond donors (Lipinski definition) is 1. The van der Waals surface area contributed by atoms with Gasteiger partial charge in [0.05, 0.1) is 19.0 Å². The van der Waals surface area contributed by atoms with Crippen LogP contribution in [-0.2, 0) is 5.60 Å². The zero-order chi connectivity index (χ0) is 14.7. The molecule has 0 aromatic carbocycles. The van der Waals surface area contributed by atoms with E-state index in [0.29, 0.717) is 36.8 Å². The molecule has 2 aromatic rings. The van der Waals surface area contributed by atoms with E-state index < -0.39 is 5.60 Å². The summed E-state index contributed by atoms with van der Waals surface area (Å²) in [5, 5.41) is 14.5. The third-order valence-electron chi connectivity index (χ3n) is 3.65. The van der Waals surface area contributed by atoms with E-state index in [1.807, 2.05) is 6.92 Å². The first-order chi connectivity index (χ1) is 10.2. The van der Waals surface area contributed by atoms with E-state index in [1.54, 1.807) is 0 Å². The number of aliphatic hydroxyl groups is 1. The summed E-state index contributed by atoms with van der Waals surface area (Å²) in [6.45, 7) is 2.42. The van der Waals surface area contributed by atoms with Crippen molar-refractivity contribution in [3.8, 4) is 17.4 Å². The van der Waals surface area contributed by atoms with Crippen molar-refractivity contribution in [2.45, 2.75) is 44.6 Å². The molecule has 0 radical (unpaired) electrons. The van der Waals surface area contributed by atoms with E-state index in [-0.39, 0.29) is 5.89 Å². The lowest BCUT2D eigenvalue weighted by Gasteiger charge is -2.27. The van der Waals surface area contributed by atoms with Gasteiger partial charge in [0.2, 0.25) is 11.7 Å². The first-order valence-corrected chi connectivity index (χ1v) is 7.23. The molecule has 2 heterocycles. The monoisotopic (exact) mass is 290 g/mol. The van der Waals surface area contributed by atoms with E-state index in [9.17, 15) is 5.11 Å². The average molecular weight is 290 g/mol. The third-order valence-corrected chi connectivity index (χ3v) is 3.65. The van der Waals surface area contributed by atoms with Gasteiger partial charge in [-0.25, -0.2) is 9.97 Å². The van der Waals surface area contributed by atoms with Crippen LogP contribution in [-0.4, -0.2) is 31.8 Å². The first-order valence-electron chi connectivity index (χ1n) is 7.23. The Bertz CT molecular complexity index is 591. The summed E-state index contributed by atoms with van der Waals surface area (Å²) in [6.07, 6.45) is 7.43. The van der Waals surface area contributed by atoms with Gasteiger partial charge < -0.3 is 14.4 Å². The Kier molecular flexibility index (Phi) is 3.83. The number of nitrogens with zero attached hydrogens (tertiary/aromatic N) is 4. The van der Waals surface area contributed by atoms with E-state index in [4.69, 9.17) is 9.26 Å². The molecule has 0 atom stereocenters. The summed E-state index contributed by atoms with van der Waals surface area (Å²) in [6, 6.07) is 0. The van der Waals surface area contributed by atoms with Gasteiger partial charge in [-0.3, -0.25) is 0 Å². The Balaban J connectivity index is 1.80. The largest absolute Gasteiger partial charge is 0.477 e. The maximum Gasteiger partial charge on any atom is 0.258 e. The predicted octanol–water partition coefficient (Wildman–Crippen LogP) is 2.08. The molecule has 7 heteroatoms. The summed E-state index contributed by atoms with van der Waals surface area (Å²) in [4.78, 5) is 12.6. The van der Waals surface area contributed by atoms with Gasteiger partial charge in [-0.15, -0.1) is 0 Å². The van der Waals surface area contributed by atoms with Gasteiger partial charge in [0.25, 0.3) is 5.89 Å². The number of ether oxygens (including phenoxy) is 1. The Morgan fingerprint density at radius 3 is 2.71 bits per heavy atom. The summed E-state index contributed by atoms with van der Waals surface area (Å²) in [7, 11) is 0. The molecule has 1 N–H and O–H groups in total. The molecule has 112 valence electrons. The van der Waals surface area contributed by atoms with Crippen LogP contribution in [0.25, 0.3) is 11.5 Å². The highest BCUT2D eigenvalue weighted by molar-refractivity contribution is 5.46. The van der Waals surface area contributed by atoms with Crippen molar-refractivity contribution in [2.24, 2.45) is 0 Å². The third kappa shape index (κ3) is 2.87. The van der Waals surface area contributed by atoms with Crippen LogP contribution in [0, 0.1) is 0 Å². The highest BCUT2D eigenvalue weighted by Crippen LogP contribution is 2.36. The van der Waals surface area contributed by atoms with Crippen LogP contribution in [0.2, 0.25) is 0 Å². The van der Waals surface area contributed by atoms with Crippen molar-refractivity contribution in [1.29, 1.82) is 0 Å². The van der Waals surface area contributed by atoms with Crippen molar-refractivity contribution in [1.82, 2.24) is 20.1 Å². The number of hydrogen-bond acceptors (Lipinski definition) is 7. The van der Waals surface area contributed by atoms with Gasteiger partial charge in [-0.1, -0.05) is 24.4 Å². The minimum Gasteiger partial charge on any atom is -0.477 e. The Hall–Kier alpha value is -2.02. The van der Waals surface area contributed by atoms with E-state index in [1.165, 1.54) is 12.4 Å². The average Bonchev–Trinajstić information content (AvgIpc) is 3.00. The molecule has 0 amide bonds. The molecule has 0 unspecified atom stereocenters. The molecular weight excluding hydrogens is 272 g/mol. The summed E-state index contributed by atoms with van der Waals surface area (Å²) >= 11 is 0. The molecule has 0 aliphatic heterocycles. The molecule has 0 bridgehead atoms. The van der Waals surface area contributed by atoms with Crippen molar-refractivity contribution < 1.29 is 14.4 Å². The molecule has 7 nitrogen and oxygen atoms in total. The summed E-state index contributed by atoms with van der Waals surface area (Å²) < 4.78 is 10.5. The van der Waals surface area contributed by atoms with Gasteiger partial charge in [0.15, 0.2) is 0 Å². The van der Waals surface area contributed by atoms with Gasteiger partial charge in [-0.2, -0.15) is 4.98 Å². The lowest BCUT2D eigenvalue weighted by Crippen LogP contribution is -2.28. The Morgan fingerprint density at radius 2 is 2.05 bits per heavy atom. The summed E-state index contributed by atoms with van der Waals surface area (Å²) in [5.74, 6) is 1.06. The van der Waals surface area contributed by atoms with Crippen LogP contribution in [0.15, 0.2) is 16.9 Å². The van der Waals surface area contributed by atoms with Gasteiger partial charge in [0.1, 0.15) is 11.3 Å². The first kappa shape index (κ1) is 13.9. The smallest absolute Gasteiger partial charge is 0.258 e. The fraction of sp³-hybridized carbons (Fsp3) is 0.571. The molecule has 1 aliphatic carbocycles. The molecule has 3 rings (SSSR count). The van der Waals surface area contributed by atoms with Crippen molar-refractivity contribution >= 4 is 0 Å². The van der Waals surface area contributed by atoms with Crippen LogP contribution >= 0.6 is 0 Å². The molecule has 0 spiro atoms. The second-order valence-corrected chi connectivity index (χ2v) is 5.19. The van der Waals surface area contributed by atoms with E-state index in [2.05, 4.69) is 20.1 Å². The molecule has 0 saturated heterocycles. The van der Waals surface area contributed by atoms with E-state index >= 15 is 0 Å². The van der Waals surface area contributed by atoms with Gasteiger partial charge in [0, 0.05) is 0 Å². The highest BCUT2D eigenvalue weighted by Gasteiger charge is 2.37. The van der Waals surface area contributed by atoms with Crippen molar-refractivity contribution in [3.05, 3.63) is 18.3 Å². The lowest BCUT2D eigenvalue weighted by atomic mass is 9.85. The standard InChI is InChI=1S/C14H18N4O3/c1-2-20-11-9-15-10(8-16-11)12-17-13(21-18-12)14(19)6-4-3-5-7-14/h8-9,19H,2-7H2,1H3. The van der Waals surface area contributed by atoms with Gasteiger partial charge in [-0.05, 0) is 19.8 Å². The van der Waals surface area contributed by atoms with E-state index in [0.717, 1.165) is 19.3 Å². The number of aromatic nitrogens is 4. The van der Waals surface area contributed by atoms with Gasteiger partial charge >= 0.3 is 0 Å². The quantitative estimate of drug-likeness (QED) is 0.921. The van der Waals surface area contributed by atoms with Crippen LogP contribution in [0.3, 0.4) is 0 Å². The molecular formula is C14H18N4O3. The zero-order valence-corrected chi connectivity index (χ0v) is 11.9. The number of rotatable bonds is 4. The minimum absolute atomic E-state index is 0.271. The van der Waals surface area contributed by atoms with Crippen LogP contribution in [0.1, 0.15) is 44.9 Å². The van der Waals surface area contributed by atoms with Crippen LogP contribution in [0.4, 0.5) is 0 Å². The zero-order valence-electron chi connectivity index (χ0n) is 11.9. The molecule has 1 fully saturated rings. The maximum absolute atomic E-state index is 10.6. The fourth-order valence-electron chi connectivity index (χ4n) is 2.52. The van der Waals surface area contributed by atoms with Crippen molar-refractivity contribution in [2.75, 3.05) is 6.61 Å². The Morgan fingerprint density at radius 1 is 1.24 bits per heavy atom. The predicted molar refractivity (Wildman–Crippen MR) is 73.5 cm³/mol. The summed E-state index contributed by atoms with van der Waals surface area (Å²) in [5.41, 5.74) is -0.504. The SMILES string of the molecule is CCOc1cnc(-c2noc(C3(O)CCCCC3)n2)cn1. The van der Waals surface area contributed by atoms with Crippen LogP contribution < -0.4 is 4.74 Å². The maximum atomic E-state index is 10.6. The Labute approximate surface area is 122 Å². The van der Waals surface area contributed by atoms with Crippen LogP contribution in [0.5, 0.6) is 5.88 Å². The normalized spacial score (nSPS) is 17.6. The highest BCUT2D eigenvalue weighted by atomic mass is 16.5. The lowest BCUT2D eigenvalue weighted by molar-refractivity contribution is -0.0287.